The van der Waals surface area contributed by atoms with Crippen LogP contribution in [0.4, 0.5) is 0 Å². The third-order valence-corrected chi connectivity index (χ3v) is 5.91. The maximum atomic E-state index is 13.5. The predicted molar refractivity (Wildman–Crippen MR) is 126 cm³/mol. The van der Waals surface area contributed by atoms with E-state index < -0.39 is 6.04 Å². The number of ether oxygens (including phenoxy) is 1. The van der Waals surface area contributed by atoms with Gasteiger partial charge in [-0.1, -0.05) is 24.3 Å². The third-order valence-electron chi connectivity index (χ3n) is 5.91. The van der Waals surface area contributed by atoms with Gasteiger partial charge in [-0.15, -0.1) is 0 Å². The van der Waals surface area contributed by atoms with Crippen molar-refractivity contribution in [1.82, 2.24) is 19.8 Å². The van der Waals surface area contributed by atoms with E-state index in [-0.39, 0.29) is 11.8 Å². The van der Waals surface area contributed by atoms with Crippen LogP contribution in [-0.4, -0.2) is 63.9 Å². The molecule has 0 spiro atoms. The molecule has 0 saturated carbocycles. The summed E-state index contributed by atoms with van der Waals surface area (Å²) in [5, 5.41) is 0. The Hall–Kier alpha value is -3.74. The van der Waals surface area contributed by atoms with Gasteiger partial charge in [-0.05, 0) is 54.8 Å². The average Bonchev–Trinajstić information content (AvgIpc) is 2.86. The first-order valence-corrected chi connectivity index (χ1v) is 11.3. The predicted octanol–water partition coefficient (Wildman–Crippen LogP) is 3.46. The molecule has 0 bridgehead atoms. The first-order chi connectivity index (χ1) is 16.1. The third kappa shape index (κ3) is 4.87. The molecule has 3 aromatic rings. The van der Waals surface area contributed by atoms with Gasteiger partial charge < -0.3 is 14.5 Å². The van der Waals surface area contributed by atoms with Crippen LogP contribution in [0.2, 0.25) is 0 Å². The maximum absolute atomic E-state index is 13.5. The number of carbonyl (C=O) groups excluding carboxylic acids is 2. The van der Waals surface area contributed by atoms with Gasteiger partial charge in [-0.25, -0.2) is 4.98 Å². The van der Waals surface area contributed by atoms with E-state index in [1.54, 1.807) is 35.6 Å². The number of rotatable bonds is 7. The van der Waals surface area contributed by atoms with Crippen molar-refractivity contribution >= 4 is 11.8 Å². The van der Waals surface area contributed by atoms with E-state index in [0.29, 0.717) is 44.1 Å². The van der Waals surface area contributed by atoms with Crippen molar-refractivity contribution in [2.24, 2.45) is 0 Å². The number of amides is 2. The molecule has 3 heterocycles. The summed E-state index contributed by atoms with van der Waals surface area (Å²) in [7, 11) is 0. The lowest BCUT2D eigenvalue weighted by Crippen LogP contribution is -2.59. The number of likely N-dealkylation sites (N-methyl/N-ethyl adjacent to an activating group) is 1. The zero-order chi connectivity index (χ0) is 23.2. The Morgan fingerprint density at radius 2 is 1.73 bits per heavy atom. The summed E-state index contributed by atoms with van der Waals surface area (Å²) in [6, 6.07) is 14.9. The summed E-state index contributed by atoms with van der Waals surface area (Å²) >= 11 is 0. The molecule has 2 aromatic heterocycles. The van der Waals surface area contributed by atoms with Crippen LogP contribution in [0.1, 0.15) is 29.8 Å². The van der Waals surface area contributed by atoms with Gasteiger partial charge in [0, 0.05) is 44.6 Å². The summed E-state index contributed by atoms with van der Waals surface area (Å²) in [5.74, 6) is 0.0436. The highest BCUT2D eigenvalue weighted by atomic mass is 16.5. The summed E-state index contributed by atoms with van der Waals surface area (Å²) in [4.78, 5) is 38.5. The molecule has 1 atom stereocenters. The van der Waals surface area contributed by atoms with Gasteiger partial charge in [0.15, 0.2) is 0 Å². The number of pyridine rings is 2. The highest BCUT2D eigenvalue weighted by Crippen LogP contribution is 2.24. The Labute approximate surface area is 194 Å². The normalized spacial score (nSPS) is 16.1. The second kappa shape index (κ2) is 10.3. The summed E-state index contributed by atoms with van der Waals surface area (Å²) in [5.41, 5.74) is 3.54. The van der Waals surface area contributed by atoms with E-state index in [4.69, 9.17) is 4.74 Å². The standard InChI is InChI=1S/C26H28N4O3/c1-3-29-16-17-30(25(31)22-6-5-13-28-24(22)33-4-2)23(26(29)32)18-19-7-9-20(10-8-19)21-11-14-27-15-12-21/h5-15,23H,3-4,16-18H2,1-2H3/t23-/m1/s1. The van der Waals surface area contributed by atoms with Gasteiger partial charge in [0.2, 0.25) is 11.8 Å². The minimum Gasteiger partial charge on any atom is -0.477 e. The summed E-state index contributed by atoms with van der Waals surface area (Å²) in [6.07, 6.45) is 5.58. The lowest BCUT2D eigenvalue weighted by molar-refractivity contribution is -0.139. The van der Waals surface area contributed by atoms with E-state index in [0.717, 1.165) is 16.7 Å². The zero-order valence-electron chi connectivity index (χ0n) is 19.0. The highest BCUT2D eigenvalue weighted by molar-refractivity contribution is 6.00. The molecule has 1 aliphatic rings. The number of carbonyl (C=O) groups is 2. The number of hydrogen-bond acceptors (Lipinski definition) is 5. The average molecular weight is 445 g/mol. The minimum atomic E-state index is -0.576. The van der Waals surface area contributed by atoms with Crippen LogP contribution >= 0.6 is 0 Å². The van der Waals surface area contributed by atoms with Crippen LogP contribution < -0.4 is 4.74 Å². The lowest BCUT2D eigenvalue weighted by Gasteiger charge is -2.40. The monoisotopic (exact) mass is 444 g/mol. The molecule has 0 N–H and O–H groups in total. The lowest BCUT2D eigenvalue weighted by atomic mass is 9.98. The molecule has 0 aliphatic carbocycles. The molecule has 33 heavy (non-hydrogen) atoms. The Balaban J connectivity index is 1.60. The SMILES string of the molecule is CCOc1ncccc1C(=O)N1CCN(CC)C(=O)[C@H]1Cc1ccc(-c2ccncc2)cc1. The molecule has 0 unspecified atom stereocenters. The fourth-order valence-corrected chi connectivity index (χ4v) is 4.15. The second-order valence-corrected chi connectivity index (χ2v) is 7.86. The van der Waals surface area contributed by atoms with Gasteiger partial charge in [-0.3, -0.25) is 14.6 Å². The number of aromatic nitrogens is 2. The first kappa shape index (κ1) is 22.5. The zero-order valence-corrected chi connectivity index (χ0v) is 19.0. The van der Waals surface area contributed by atoms with Crippen LogP contribution in [0.15, 0.2) is 67.1 Å². The van der Waals surface area contributed by atoms with Gasteiger partial charge in [0.25, 0.3) is 5.91 Å². The molecule has 1 fully saturated rings. The second-order valence-electron chi connectivity index (χ2n) is 7.86. The van der Waals surface area contributed by atoms with Crippen LogP contribution in [0, 0.1) is 0 Å². The topological polar surface area (TPSA) is 75.6 Å². The van der Waals surface area contributed by atoms with Gasteiger partial charge >= 0.3 is 0 Å². The van der Waals surface area contributed by atoms with Crippen LogP contribution in [0.5, 0.6) is 5.88 Å². The molecular weight excluding hydrogens is 416 g/mol. The van der Waals surface area contributed by atoms with Crippen molar-refractivity contribution in [3.63, 3.8) is 0 Å². The van der Waals surface area contributed by atoms with Gasteiger partial charge in [-0.2, -0.15) is 0 Å². The Bertz CT molecular complexity index is 1100. The summed E-state index contributed by atoms with van der Waals surface area (Å²) in [6.45, 7) is 5.83. The quantitative estimate of drug-likeness (QED) is 0.558. The van der Waals surface area contributed by atoms with E-state index >= 15 is 0 Å². The maximum Gasteiger partial charge on any atom is 0.260 e. The van der Waals surface area contributed by atoms with E-state index in [1.165, 1.54) is 0 Å². The van der Waals surface area contributed by atoms with E-state index in [1.807, 2.05) is 55.1 Å². The molecule has 7 nitrogen and oxygen atoms in total. The molecule has 1 saturated heterocycles. The number of piperazine rings is 1. The van der Waals surface area contributed by atoms with Gasteiger partial charge in [0.05, 0.1) is 6.61 Å². The van der Waals surface area contributed by atoms with Crippen molar-refractivity contribution in [3.05, 3.63) is 78.2 Å². The van der Waals surface area contributed by atoms with Crippen molar-refractivity contribution in [2.75, 3.05) is 26.2 Å². The van der Waals surface area contributed by atoms with Crippen LogP contribution in [0.25, 0.3) is 11.1 Å². The van der Waals surface area contributed by atoms with Crippen LogP contribution in [-0.2, 0) is 11.2 Å². The molecule has 4 rings (SSSR count). The fraction of sp³-hybridized carbons (Fsp3) is 0.308. The molecule has 1 aromatic carbocycles. The Kier molecular flexibility index (Phi) is 6.98. The smallest absolute Gasteiger partial charge is 0.260 e. The fourth-order valence-electron chi connectivity index (χ4n) is 4.15. The Morgan fingerprint density at radius 3 is 2.42 bits per heavy atom. The van der Waals surface area contributed by atoms with Crippen molar-refractivity contribution in [2.45, 2.75) is 26.3 Å². The Morgan fingerprint density at radius 1 is 1.00 bits per heavy atom. The van der Waals surface area contributed by atoms with Crippen LogP contribution in [0.3, 0.4) is 0 Å². The van der Waals surface area contributed by atoms with Crippen molar-refractivity contribution in [1.29, 1.82) is 0 Å². The largest absolute Gasteiger partial charge is 0.477 e. The molecule has 1 aliphatic heterocycles. The summed E-state index contributed by atoms with van der Waals surface area (Å²) < 4.78 is 5.57. The van der Waals surface area contributed by atoms with Crippen molar-refractivity contribution < 1.29 is 14.3 Å². The highest BCUT2D eigenvalue weighted by Gasteiger charge is 2.38. The van der Waals surface area contributed by atoms with Crippen molar-refractivity contribution in [3.8, 4) is 17.0 Å². The number of benzene rings is 1. The van der Waals surface area contributed by atoms with E-state index in [2.05, 4.69) is 9.97 Å². The molecule has 2 amide bonds. The molecule has 0 radical (unpaired) electrons. The molecule has 170 valence electrons. The molecular formula is C26H28N4O3. The molecule has 7 heteroatoms. The number of hydrogen-bond donors (Lipinski definition) is 0. The minimum absolute atomic E-state index is 0.0304. The number of nitrogens with zero attached hydrogens (tertiary/aromatic N) is 4. The van der Waals surface area contributed by atoms with E-state index in [9.17, 15) is 9.59 Å². The van der Waals surface area contributed by atoms with Gasteiger partial charge in [0.1, 0.15) is 11.6 Å². The first-order valence-electron chi connectivity index (χ1n) is 11.3.